The van der Waals surface area contributed by atoms with Crippen molar-refractivity contribution in [3.05, 3.63) is 79.4 Å². The highest BCUT2D eigenvalue weighted by Gasteiger charge is 2.22. The van der Waals surface area contributed by atoms with E-state index in [1.165, 1.54) is 53.6 Å². The van der Waals surface area contributed by atoms with E-state index in [0.717, 1.165) is 0 Å². The number of fused-ring (bicyclic) bond motifs is 1. The number of furan rings is 1. The summed E-state index contributed by atoms with van der Waals surface area (Å²) in [6.45, 7) is -0.766. The number of aldehydes is 1. The van der Waals surface area contributed by atoms with Crippen LogP contribution in [0.2, 0.25) is 5.02 Å². The molecule has 0 aliphatic rings. The van der Waals surface area contributed by atoms with Gasteiger partial charge in [-0.2, -0.15) is 0 Å². The van der Waals surface area contributed by atoms with Gasteiger partial charge in [0.2, 0.25) is 0 Å². The Labute approximate surface area is 206 Å². The number of benzene rings is 2. The summed E-state index contributed by atoms with van der Waals surface area (Å²) in [4.78, 5) is 58.9. The number of ether oxygens (including phenoxy) is 1. The van der Waals surface area contributed by atoms with Crippen LogP contribution in [0, 0.1) is 10.1 Å². The fraction of sp³-hybridized carbons (Fsp3) is 0.130. The summed E-state index contributed by atoms with van der Waals surface area (Å²) in [6.07, 6.45) is 0.534. The highest BCUT2D eigenvalue weighted by Crippen LogP contribution is 2.30. The Bertz CT molecular complexity index is 1610. The van der Waals surface area contributed by atoms with Gasteiger partial charge < -0.3 is 14.5 Å². The minimum Gasteiger partial charge on any atom is -0.453 e. The summed E-state index contributed by atoms with van der Waals surface area (Å²) < 4.78 is 12.9. The maximum atomic E-state index is 12.6. The quantitative estimate of drug-likeness (QED) is 0.171. The number of carbonyl (C=O) groups excluding carboxylic acids is 3. The van der Waals surface area contributed by atoms with Gasteiger partial charge in [0.15, 0.2) is 18.7 Å². The summed E-state index contributed by atoms with van der Waals surface area (Å²) in [7, 11) is 2.96. The van der Waals surface area contributed by atoms with Crippen molar-refractivity contribution in [3.8, 4) is 11.3 Å². The molecular formula is C23H17ClN4O8. The van der Waals surface area contributed by atoms with Crippen LogP contribution in [0.5, 0.6) is 0 Å². The second-order valence-electron chi connectivity index (χ2n) is 7.65. The van der Waals surface area contributed by atoms with Crippen LogP contribution in [-0.2, 0) is 23.6 Å². The van der Waals surface area contributed by atoms with Gasteiger partial charge in [0.25, 0.3) is 11.6 Å². The molecule has 1 amide bonds. The fourth-order valence-electron chi connectivity index (χ4n) is 3.59. The first kappa shape index (κ1) is 24.4. The Morgan fingerprint density at radius 1 is 1.14 bits per heavy atom. The molecule has 2 aromatic carbocycles. The number of imidazole rings is 1. The summed E-state index contributed by atoms with van der Waals surface area (Å²) in [5, 5.41) is 13.9. The molecular weight excluding hydrogens is 496 g/mol. The predicted octanol–water partition coefficient (Wildman–Crippen LogP) is 3.31. The lowest BCUT2D eigenvalue weighted by atomic mass is 10.1. The third-order valence-electron chi connectivity index (χ3n) is 5.41. The smallest absolute Gasteiger partial charge is 0.340 e. The topological polar surface area (TPSA) is 156 Å². The average molecular weight is 513 g/mol. The van der Waals surface area contributed by atoms with Crippen LogP contribution in [0.3, 0.4) is 0 Å². The molecule has 12 nitrogen and oxygen atoms in total. The van der Waals surface area contributed by atoms with Gasteiger partial charge in [-0.15, -0.1) is 0 Å². The molecule has 0 atom stereocenters. The van der Waals surface area contributed by atoms with Crippen molar-refractivity contribution in [2.24, 2.45) is 14.1 Å². The van der Waals surface area contributed by atoms with E-state index in [1.54, 1.807) is 12.1 Å². The molecule has 4 aromatic rings. The zero-order chi connectivity index (χ0) is 26.1. The molecule has 184 valence electrons. The van der Waals surface area contributed by atoms with Crippen LogP contribution < -0.4 is 11.0 Å². The first-order chi connectivity index (χ1) is 17.1. The first-order valence-corrected chi connectivity index (χ1v) is 10.6. The number of anilines is 1. The number of nitro groups is 1. The zero-order valence-electron chi connectivity index (χ0n) is 18.8. The third kappa shape index (κ3) is 4.49. The Balaban J connectivity index is 1.52. The maximum Gasteiger partial charge on any atom is 0.340 e. The van der Waals surface area contributed by atoms with Gasteiger partial charge in [-0.1, -0.05) is 11.6 Å². The van der Waals surface area contributed by atoms with E-state index in [0.29, 0.717) is 28.6 Å². The number of nitrogens with zero attached hydrogens (tertiary/aromatic N) is 3. The standard InChI is InChI=1S/C23H17ClN4O8/c1-26-18-8-16(17(28(33)34)9-19(18)27(2)23(26)32)25-21(30)11-35-22(31)14-7-12(3-5-15(14)24)20-6-4-13(10-29)36-20/h3-10H,11H2,1-2H3,(H,25,30). The minimum absolute atomic E-state index is 0.0532. The summed E-state index contributed by atoms with van der Waals surface area (Å²) in [5.74, 6) is -1.35. The van der Waals surface area contributed by atoms with E-state index in [2.05, 4.69) is 5.32 Å². The molecule has 0 saturated heterocycles. The van der Waals surface area contributed by atoms with Crippen molar-refractivity contribution in [1.29, 1.82) is 0 Å². The van der Waals surface area contributed by atoms with E-state index < -0.39 is 34.8 Å². The summed E-state index contributed by atoms with van der Waals surface area (Å²) >= 11 is 6.10. The van der Waals surface area contributed by atoms with Crippen LogP contribution in [0.15, 0.2) is 51.7 Å². The molecule has 0 saturated carbocycles. The van der Waals surface area contributed by atoms with E-state index in [1.807, 2.05) is 0 Å². The lowest BCUT2D eigenvalue weighted by Gasteiger charge is -2.09. The SMILES string of the molecule is Cn1c(=O)n(C)c2cc([N+](=O)[O-])c(NC(=O)COC(=O)c3cc(-c4ccc(C=O)o4)ccc3Cl)cc21. The number of nitrogens with one attached hydrogen (secondary N) is 1. The Morgan fingerprint density at radius 3 is 2.47 bits per heavy atom. The normalized spacial score (nSPS) is 10.9. The number of esters is 1. The number of carbonyl (C=O) groups is 3. The van der Waals surface area contributed by atoms with Gasteiger partial charge >= 0.3 is 11.7 Å². The molecule has 0 spiro atoms. The lowest BCUT2D eigenvalue weighted by molar-refractivity contribution is -0.383. The molecule has 0 aliphatic carbocycles. The van der Waals surface area contributed by atoms with Gasteiger partial charge in [-0.3, -0.25) is 28.8 Å². The molecule has 0 unspecified atom stereocenters. The van der Waals surface area contributed by atoms with E-state index in [4.69, 9.17) is 20.8 Å². The van der Waals surface area contributed by atoms with E-state index >= 15 is 0 Å². The number of hydrogen-bond donors (Lipinski definition) is 1. The van der Waals surface area contributed by atoms with Crippen LogP contribution in [0.25, 0.3) is 22.4 Å². The van der Waals surface area contributed by atoms with Crippen LogP contribution >= 0.6 is 11.6 Å². The van der Waals surface area contributed by atoms with Gasteiger partial charge in [0, 0.05) is 25.7 Å². The molecule has 0 fully saturated rings. The van der Waals surface area contributed by atoms with Crippen molar-refractivity contribution in [2.45, 2.75) is 0 Å². The summed E-state index contributed by atoms with van der Waals surface area (Å²) in [5.41, 5.74) is 0.0576. The van der Waals surface area contributed by atoms with Gasteiger partial charge in [0.1, 0.15) is 11.4 Å². The molecule has 0 bridgehead atoms. The average Bonchev–Trinajstić information content (AvgIpc) is 3.42. The number of aryl methyl sites for hydroxylation is 2. The largest absolute Gasteiger partial charge is 0.453 e. The van der Waals surface area contributed by atoms with Crippen LogP contribution in [0.1, 0.15) is 20.9 Å². The van der Waals surface area contributed by atoms with Gasteiger partial charge in [-0.25, -0.2) is 9.59 Å². The molecule has 13 heteroatoms. The Kier molecular flexibility index (Phi) is 6.45. The number of halogens is 1. The number of hydrogen-bond acceptors (Lipinski definition) is 8. The van der Waals surface area contributed by atoms with E-state index in [9.17, 15) is 29.3 Å². The Hall–Kier alpha value is -4.71. The number of amides is 1. The fourth-order valence-corrected chi connectivity index (χ4v) is 3.78. The van der Waals surface area contributed by atoms with Gasteiger partial charge in [0.05, 0.1) is 26.5 Å². The second kappa shape index (κ2) is 9.50. The van der Waals surface area contributed by atoms with Crippen LogP contribution in [0.4, 0.5) is 11.4 Å². The van der Waals surface area contributed by atoms with E-state index in [-0.39, 0.29) is 22.0 Å². The molecule has 1 N–H and O–H groups in total. The number of rotatable bonds is 7. The number of nitro benzene ring substituents is 1. The zero-order valence-corrected chi connectivity index (χ0v) is 19.6. The van der Waals surface area contributed by atoms with Crippen molar-refractivity contribution < 1.29 is 28.5 Å². The molecule has 2 aromatic heterocycles. The highest BCUT2D eigenvalue weighted by atomic mass is 35.5. The number of aromatic nitrogens is 2. The molecule has 4 rings (SSSR count). The van der Waals surface area contributed by atoms with Crippen molar-refractivity contribution in [1.82, 2.24) is 9.13 Å². The monoisotopic (exact) mass is 512 g/mol. The molecule has 0 aliphatic heterocycles. The van der Waals surface area contributed by atoms with Crippen molar-refractivity contribution >= 4 is 52.2 Å². The lowest BCUT2D eigenvalue weighted by Crippen LogP contribution is -2.21. The molecule has 36 heavy (non-hydrogen) atoms. The third-order valence-corrected chi connectivity index (χ3v) is 5.74. The second-order valence-corrected chi connectivity index (χ2v) is 8.06. The summed E-state index contributed by atoms with van der Waals surface area (Å²) in [6, 6.07) is 9.86. The van der Waals surface area contributed by atoms with Crippen molar-refractivity contribution in [3.63, 3.8) is 0 Å². The first-order valence-electron chi connectivity index (χ1n) is 10.3. The molecule has 0 radical (unpaired) electrons. The highest BCUT2D eigenvalue weighted by molar-refractivity contribution is 6.33. The molecule has 2 heterocycles. The maximum absolute atomic E-state index is 12.6. The minimum atomic E-state index is -0.922. The van der Waals surface area contributed by atoms with Gasteiger partial charge in [-0.05, 0) is 36.4 Å². The van der Waals surface area contributed by atoms with Crippen molar-refractivity contribution in [2.75, 3.05) is 11.9 Å². The van der Waals surface area contributed by atoms with Crippen LogP contribution in [-0.4, -0.2) is 38.8 Å². The predicted molar refractivity (Wildman–Crippen MR) is 128 cm³/mol. The Morgan fingerprint density at radius 2 is 1.83 bits per heavy atom.